The lowest BCUT2D eigenvalue weighted by molar-refractivity contribution is 0.211. The molecule has 1 heterocycles. The van der Waals surface area contributed by atoms with E-state index in [0.29, 0.717) is 33.4 Å². The minimum Gasteiger partial charge on any atom is -0.486 e. The zero-order chi connectivity index (χ0) is 17.6. The van der Waals surface area contributed by atoms with E-state index in [-0.39, 0.29) is 11.8 Å². The lowest BCUT2D eigenvalue weighted by Crippen LogP contribution is -2.05. The Morgan fingerprint density at radius 1 is 1.08 bits per heavy atom. The Morgan fingerprint density at radius 3 is 2.60 bits per heavy atom. The molecule has 3 aromatic rings. The summed E-state index contributed by atoms with van der Waals surface area (Å²) in [7, 11) is 1.42. The predicted molar refractivity (Wildman–Crippen MR) is 96.9 cm³/mol. The SMILES string of the molecule is CO/N=C(\Cl)COc1ccc(Oc2cnc3cc(Cl)ccc3n2)cc1. The minimum atomic E-state index is 0.119. The molecule has 3 rings (SSSR count). The van der Waals surface area contributed by atoms with Crippen molar-refractivity contribution in [2.75, 3.05) is 13.7 Å². The van der Waals surface area contributed by atoms with Gasteiger partial charge in [0.05, 0.1) is 17.2 Å². The topological polar surface area (TPSA) is 65.8 Å². The molecule has 0 unspecified atom stereocenters. The van der Waals surface area contributed by atoms with Crippen LogP contribution in [0.25, 0.3) is 11.0 Å². The van der Waals surface area contributed by atoms with Crippen molar-refractivity contribution in [3.8, 4) is 17.4 Å². The van der Waals surface area contributed by atoms with Gasteiger partial charge in [-0.2, -0.15) is 0 Å². The summed E-state index contributed by atoms with van der Waals surface area (Å²) in [6.45, 7) is 0.119. The molecule has 0 saturated heterocycles. The number of hydrogen-bond acceptors (Lipinski definition) is 6. The maximum absolute atomic E-state index is 5.93. The maximum Gasteiger partial charge on any atom is 0.238 e. The van der Waals surface area contributed by atoms with Crippen LogP contribution >= 0.6 is 23.2 Å². The van der Waals surface area contributed by atoms with Gasteiger partial charge in [0.2, 0.25) is 5.88 Å². The third-order valence-electron chi connectivity index (χ3n) is 3.08. The van der Waals surface area contributed by atoms with Gasteiger partial charge in [0, 0.05) is 5.02 Å². The van der Waals surface area contributed by atoms with Gasteiger partial charge >= 0.3 is 0 Å². The quantitative estimate of drug-likeness (QED) is 0.461. The standard InChI is InChI=1S/C17H13Cl2N3O3/c1-23-22-16(19)10-24-12-3-5-13(6-4-12)25-17-9-20-15-8-11(18)2-7-14(15)21-17/h2-9H,10H2,1H3/b22-16-. The number of rotatable bonds is 6. The molecule has 0 atom stereocenters. The first-order valence-corrected chi connectivity index (χ1v) is 7.98. The number of halogens is 2. The van der Waals surface area contributed by atoms with Crippen molar-refractivity contribution >= 4 is 39.4 Å². The summed E-state index contributed by atoms with van der Waals surface area (Å²) >= 11 is 11.7. The zero-order valence-corrected chi connectivity index (χ0v) is 14.7. The zero-order valence-electron chi connectivity index (χ0n) is 13.1. The Kier molecular flexibility index (Phi) is 5.53. The Morgan fingerprint density at radius 2 is 1.84 bits per heavy atom. The van der Waals surface area contributed by atoms with Crippen LogP contribution in [0.15, 0.2) is 53.8 Å². The molecular formula is C17H13Cl2N3O3. The van der Waals surface area contributed by atoms with Gasteiger partial charge in [0.1, 0.15) is 25.2 Å². The van der Waals surface area contributed by atoms with Gasteiger partial charge in [-0.3, -0.25) is 0 Å². The van der Waals surface area contributed by atoms with Crippen molar-refractivity contribution in [1.82, 2.24) is 9.97 Å². The number of oxime groups is 1. The monoisotopic (exact) mass is 377 g/mol. The molecular weight excluding hydrogens is 365 g/mol. The van der Waals surface area contributed by atoms with Crippen molar-refractivity contribution in [3.05, 3.63) is 53.7 Å². The van der Waals surface area contributed by atoms with Crippen LogP contribution in [0.4, 0.5) is 0 Å². The lowest BCUT2D eigenvalue weighted by Gasteiger charge is -2.07. The van der Waals surface area contributed by atoms with Crippen LogP contribution < -0.4 is 9.47 Å². The molecule has 0 saturated carbocycles. The highest BCUT2D eigenvalue weighted by atomic mass is 35.5. The van der Waals surface area contributed by atoms with E-state index >= 15 is 0 Å². The highest BCUT2D eigenvalue weighted by Gasteiger charge is 2.04. The van der Waals surface area contributed by atoms with Crippen LogP contribution in [0.1, 0.15) is 0 Å². The van der Waals surface area contributed by atoms with E-state index in [0.717, 1.165) is 0 Å². The van der Waals surface area contributed by atoms with Crippen LogP contribution in [0.2, 0.25) is 5.02 Å². The number of ether oxygens (including phenoxy) is 2. The van der Waals surface area contributed by atoms with Crippen LogP contribution in [0.5, 0.6) is 17.4 Å². The molecule has 2 aromatic carbocycles. The second kappa shape index (κ2) is 8.00. The van der Waals surface area contributed by atoms with Gasteiger partial charge in [0.15, 0.2) is 5.17 Å². The van der Waals surface area contributed by atoms with Crippen LogP contribution in [-0.4, -0.2) is 28.9 Å². The molecule has 0 N–H and O–H groups in total. The average molecular weight is 378 g/mol. The number of benzene rings is 2. The third-order valence-corrected chi connectivity index (χ3v) is 3.49. The molecule has 0 aliphatic rings. The second-order valence-electron chi connectivity index (χ2n) is 4.85. The molecule has 0 aliphatic heterocycles. The Labute approximate surface area is 154 Å². The highest BCUT2D eigenvalue weighted by Crippen LogP contribution is 2.24. The van der Waals surface area contributed by atoms with Gasteiger partial charge < -0.3 is 14.3 Å². The summed E-state index contributed by atoms with van der Waals surface area (Å²) in [4.78, 5) is 13.2. The third kappa shape index (κ3) is 4.71. The highest BCUT2D eigenvalue weighted by molar-refractivity contribution is 6.65. The summed E-state index contributed by atoms with van der Waals surface area (Å²) in [6.07, 6.45) is 1.55. The van der Waals surface area contributed by atoms with Gasteiger partial charge in [-0.1, -0.05) is 28.4 Å². The Bertz CT molecular complexity index is 901. The Hall–Kier alpha value is -2.57. The van der Waals surface area contributed by atoms with E-state index in [2.05, 4.69) is 20.0 Å². The van der Waals surface area contributed by atoms with Crippen molar-refractivity contribution in [3.63, 3.8) is 0 Å². The van der Waals surface area contributed by atoms with E-state index < -0.39 is 0 Å². The Balaban J connectivity index is 1.67. The molecule has 1 aromatic heterocycles. The summed E-state index contributed by atoms with van der Waals surface area (Å²) in [5, 5.41) is 4.38. The van der Waals surface area contributed by atoms with Gasteiger partial charge in [-0.05, 0) is 42.5 Å². The maximum atomic E-state index is 5.93. The number of hydrogen-bond donors (Lipinski definition) is 0. The summed E-state index contributed by atoms with van der Waals surface area (Å²) in [5.74, 6) is 1.61. The van der Waals surface area contributed by atoms with E-state index in [1.807, 2.05) is 0 Å². The van der Waals surface area contributed by atoms with E-state index in [1.54, 1.807) is 48.7 Å². The fourth-order valence-electron chi connectivity index (χ4n) is 2.01. The number of aromatic nitrogens is 2. The summed E-state index contributed by atoms with van der Waals surface area (Å²) < 4.78 is 11.2. The van der Waals surface area contributed by atoms with Crippen LogP contribution in [0.3, 0.4) is 0 Å². The number of fused-ring (bicyclic) bond motifs is 1. The smallest absolute Gasteiger partial charge is 0.238 e. The second-order valence-corrected chi connectivity index (χ2v) is 5.73. The van der Waals surface area contributed by atoms with Crippen molar-refractivity contribution in [2.45, 2.75) is 0 Å². The van der Waals surface area contributed by atoms with Crippen LogP contribution in [0, 0.1) is 0 Å². The van der Waals surface area contributed by atoms with Crippen molar-refractivity contribution in [2.24, 2.45) is 5.16 Å². The first-order chi connectivity index (χ1) is 12.1. The largest absolute Gasteiger partial charge is 0.486 e. The molecule has 25 heavy (non-hydrogen) atoms. The molecule has 6 nitrogen and oxygen atoms in total. The normalized spacial score (nSPS) is 11.4. The molecule has 0 aliphatic carbocycles. The minimum absolute atomic E-state index is 0.119. The number of nitrogens with zero attached hydrogens (tertiary/aromatic N) is 3. The van der Waals surface area contributed by atoms with Gasteiger partial charge in [-0.25, -0.2) is 9.97 Å². The molecule has 0 bridgehead atoms. The fraction of sp³-hybridized carbons (Fsp3) is 0.118. The van der Waals surface area contributed by atoms with Gasteiger partial charge in [-0.15, -0.1) is 0 Å². The first kappa shape index (κ1) is 17.3. The average Bonchev–Trinajstić information content (AvgIpc) is 2.61. The molecule has 128 valence electrons. The predicted octanol–water partition coefficient (Wildman–Crippen LogP) is 4.65. The van der Waals surface area contributed by atoms with Crippen LogP contribution in [-0.2, 0) is 4.84 Å². The summed E-state index contributed by atoms with van der Waals surface area (Å²) in [5.41, 5.74) is 1.41. The van der Waals surface area contributed by atoms with Crippen molar-refractivity contribution in [1.29, 1.82) is 0 Å². The summed E-state index contributed by atoms with van der Waals surface area (Å²) in [6, 6.07) is 12.3. The molecule has 0 radical (unpaired) electrons. The van der Waals surface area contributed by atoms with E-state index in [1.165, 1.54) is 7.11 Å². The first-order valence-electron chi connectivity index (χ1n) is 7.22. The molecule has 8 heteroatoms. The molecule has 0 fully saturated rings. The lowest BCUT2D eigenvalue weighted by atomic mass is 10.3. The van der Waals surface area contributed by atoms with Crippen molar-refractivity contribution < 1.29 is 14.3 Å². The van der Waals surface area contributed by atoms with E-state index in [4.69, 9.17) is 32.7 Å². The molecule has 0 spiro atoms. The fourth-order valence-corrected chi connectivity index (χ4v) is 2.30. The van der Waals surface area contributed by atoms with E-state index in [9.17, 15) is 0 Å². The molecule has 0 amide bonds. The van der Waals surface area contributed by atoms with Gasteiger partial charge in [0.25, 0.3) is 0 Å².